The number of nitrogens with one attached hydrogen (secondary N) is 1. The Labute approximate surface area is 71.6 Å². The van der Waals surface area contributed by atoms with E-state index in [0.717, 1.165) is 18.9 Å². The molecule has 0 saturated carbocycles. The van der Waals surface area contributed by atoms with Gasteiger partial charge in [-0.2, -0.15) is 0 Å². The van der Waals surface area contributed by atoms with Crippen molar-refractivity contribution in [2.75, 3.05) is 18.5 Å². The summed E-state index contributed by atoms with van der Waals surface area (Å²) in [6.07, 6.45) is 5.85. The Morgan fingerprint density at radius 2 is 2.17 bits per heavy atom. The van der Waals surface area contributed by atoms with Crippen LogP contribution in [-0.4, -0.2) is 28.1 Å². The molecule has 2 heterocycles. The number of rotatable bonds is 2. The molecule has 4 nitrogen and oxygen atoms in total. The minimum atomic E-state index is 0.881. The molecule has 64 valence electrons. The number of aromatic nitrogens is 2. The van der Waals surface area contributed by atoms with Gasteiger partial charge < -0.3 is 5.43 Å². The zero-order valence-electron chi connectivity index (χ0n) is 6.90. The zero-order chi connectivity index (χ0) is 8.23. The Morgan fingerprint density at radius 1 is 1.33 bits per heavy atom. The first-order valence-electron chi connectivity index (χ1n) is 4.23. The molecule has 12 heavy (non-hydrogen) atoms. The lowest BCUT2D eigenvalue weighted by atomic mass is 10.4. The molecular weight excluding hydrogens is 152 g/mol. The van der Waals surface area contributed by atoms with Gasteiger partial charge in [-0.15, -0.1) is 0 Å². The standard InChI is InChI=1S/C8H12N4/c1-2-6-12(5-1)11-8-3-4-9-7-10-8/h3-4,7H,1-2,5-6H2,(H,9,10,11). The van der Waals surface area contributed by atoms with E-state index in [1.165, 1.54) is 12.8 Å². The number of hydrogen-bond acceptors (Lipinski definition) is 4. The average Bonchev–Trinajstić information content (AvgIpc) is 2.59. The molecule has 0 amide bonds. The summed E-state index contributed by atoms with van der Waals surface area (Å²) >= 11 is 0. The van der Waals surface area contributed by atoms with Crippen LogP contribution in [0.1, 0.15) is 12.8 Å². The number of anilines is 1. The molecule has 0 radical (unpaired) electrons. The Hall–Kier alpha value is -1.16. The fraction of sp³-hybridized carbons (Fsp3) is 0.500. The Morgan fingerprint density at radius 3 is 2.83 bits per heavy atom. The number of hydrazine groups is 1. The van der Waals surface area contributed by atoms with Gasteiger partial charge in [0, 0.05) is 25.4 Å². The lowest BCUT2D eigenvalue weighted by Crippen LogP contribution is -2.26. The molecule has 1 saturated heterocycles. The van der Waals surface area contributed by atoms with Crippen LogP contribution in [0.5, 0.6) is 0 Å². The molecule has 0 spiro atoms. The first kappa shape index (κ1) is 7.49. The third kappa shape index (κ3) is 1.71. The fourth-order valence-electron chi connectivity index (χ4n) is 1.35. The Bertz CT molecular complexity index is 230. The SMILES string of the molecule is c1cc(NN2CCCC2)ncn1. The van der Waals surface area contributed by atoms with Gasteiger partial charge in [0.25, 0.3) is 0 Å². The van der Waals surface area contributed by atoms with Crippen molar-refractivity contribution in [3.63, 3.8) is 0 Å². The molecule has 2 rings (SSSR count). The second-order valence-electron chi connectivity index (χ2n) is 2.90. The smallest absolute Gasteiger partial charge is 0.143 e. The molecule has 1 aromatic heterocycles. The summed E-state index contributed by atoms with van der Waals surface area (Å²) in [5, 5.41) is 2.18. The largest absolute Gasteiger partial charge is 0.303 e. The van der Waals surface area contributed by atoms with Gasteiger partial charge in [0.1, 0.15) is 12.1 Å². The maximum Gasteiger partial charge on any atom is 0.143 e. The van der Waals surface area contributed by atoms with Crippen LogP contribution in [-0.2, 0) is 0 Å². The van der Waals surface area contributed by atoms with Crippen molar-refractivity contribution in [1.29, 1.82) is 0 Å². The van der Waals surface area contributed by atoms with E-state index in [1.54, 1.807) is 12.5 Å². The number of hydrogen-bond donors (Lipinski definition) is 1. The van der Waals surface area contributed by atoms with Gasteiger partial charge in [0.2, 0.25) is 0 Å². The van der Waals surface area contributed by atoms with Crippen LogP contribution in [0.4, 0.5) is 5.82 Å². The predicted octanol–water partition coefficient (Wildman–Crippen LogP) is 0.899. The zero-order valence-corrected chi connectivity index (χ0v) is 6.90. The van der Waals surface area contributed by atoms with Crippen LogP contribution < -0.4 is 5.43 Å². The van der Waals surface area contributed by atoms with Gasteiger partial charge in [0.05, 0.1) is 0 Å². The lowest BCUT2D eigenvalue weighted by molar-refractivity contribution is 0.408. The van der Waals surface area contributed by atoms with Gasteiger partial charge in [-0.05, 0) is 12.8 Å². The van der Waals surface area contributed by atoms with E-state index in [-0.39, 0.29) is 0 Å². The van der Waals surface area contributed by atoms with E-state index in [1.807, 2.05) is 6.07 Å². The molecule has 1 N–H and O–H groups in total. The highest BCUT2D eigenvalue weighted by Crippen LogP contribution is 2.08. The van der Waals surface area contributed by atoms with E-state index >= 15 is 0 Å². The second kappa shape index (κ2) is 3.49. The maximum absolute atomic E-state index is 4.08. The molecule has 1 fully saturated rings. The van der Waals surface area contributed by atoms with Crippen LogP contribution >= 0.6 is 0 Å². The first-order valence-corrected chi connectivity index (χ1v) is 4.23. The van der Waals surface area contributed by atoms with Gasteiger partial charge in [0.15, 0.2) is 0 Å². The predicted molar refractivity (Wildman–Crippen MR) is 46.5 cm³/mol. The van der Waals surface area contributed by atoms with Gasteiger partial charge in [-0.3, -0.25) is 0 Å². The van der Waals surface area contributed by atoms with Gasteiger partial charge in [-0.25, -0.2) is 15.0 Å². The van der Waals surface area contributed by atoms with Gasteiger partial charge >= 0.3 is 0 Å². The van der Waals surface area contributed by atoms with E-state index in [4.69, 9.17) is 0 Å². The van der Waals surface area contributed by atoms with Crippen molar-refractivity contribution >= 4 is 5.82 Å². The van der Waals surface area contributed by atoms with E-state index in [2.05, 4.69) is 20.4 Å². The number of nitrogens with zero attached hydrogens (tertiary/aromatic N) is 3. The van der Waals surface area contributed by atoms with Crippen LogP contribution in [0.2, 0.25) is 0 Å². The highest BCUT2D eigenvalue weighted by Gasteiger charge is 2.10. The Kier molecular flexibility index (Phi) is 2.18. The lowest BCUT2D eigenvalue weighted by Gasteiger charge is -2.15. The average molecular weight is 164 g/mol. The van der Waals surface area contributed by atoms with Crippen molar-refractivity contribution in [3.05, 3.63) is 18.6 Å². The Balaban J connectivity index is 1.94. The van der Waals surface area contributed by atoms with Crippen molar-refractivity contribution in [3.8, 4) is 0 Å². The molecule has 4 heteroatoms. The molecular formula is C8H12N4. The summed E-state index contributed by atoms with van der Waals surface area (Å²) in [7, 11) is 0. The molecule has 0 unspecified atom stereocenters. The molecule has 0 aliphatic carbocycles. The molecule has 0 aromatic carbocycles. The van der Waals surface area contributed by atoms with Crippen molar-refractivity contribution in [2.24, 2.45) is 0 Å². The van der Waals surface area contributed by atoms with E-state index in [0.29, 0.717) is 0 Å². The minimum Gasteiger partial charge on any atom is -0.303 e. The summed E-state index contributed by atoms with van der Waals surface area (Å²) < 4.78 is 0. The van der Waals surface area contributed by atoms with Crippen LogP contribution in [0.25, 0.3) is 0 Å². The summed E-state index contributed by atoms with van der Waals surface area (Å²) in [5.41, 5.74) is 3.22. The third-order valence-corrected chi connectivity index (χ3v) is 1.96. The summed E-state index contributed by atoms with van der Waals surface area (Å²) in [4.78, 5) is 7.93. The summed E-state index contributed by atoms with van der Waals surface area (Å²) in [6, 6.07) is 1.87. The van der Waals surface area contributed by atoms with E-state index in [9.17, 15) is 0 Å². The highest BCUT2D eigenvalue weighted by molar-refractivity contribution is 5.30. The normalized spacial score (nSPS) is 18.0. The van der Waals surface area contributed by atoms with Crippen molar-refractivity contribution in [2.45, 2.75) is 12.8 Å². The van der Waals surface area contributed by atoms with Gasteiger partial charge in [-0.1, -0.05) is 0 Å². The molecule has 0 atom stereocenters. The molecule has 1 aliphatic heterocycles. The second-order valence-corrected chi connectivity index (χ2v) is 2.90. The molecule has 0 bridgehead atoms. The first-order chi connectivity index (χ1) is 5.95. The third-order valence-electron chi connectivity index (χ3n) is 1.96. The highest BCUT2D eigenvalue weighted by atomic mass is 15.5. The minimum absolute atomic E-state index is 0.881. The topological polar surface area (TPSA) is 41.0 Å². The molecule has 1 aliphatic rings. The molecule has 1 aromatic rings. The quantitative estimate of drug-likeness (QED) is 0.705. The van der Waals surface area contributed by atoms with E-state index < -0.39 is 0 Å². The summed E-state index contributed by atoms with van der Waals surface area (Å²) in [5.74, 6) is 0.881. The van der Waals surface area contributed by atoms with Crippen LogP contribution in [0.3, 0.4) is 0 Å². The monoisotopic (exact) mass is 164 g/mol. The maximum atomic E-state index is 4.08. The fourth-order valence-corrected chi connectivity index (χ4v) is 1.35. The van der Waals surface area contributed by atoms with Crippen LogP contribution in [0.15, 0.2) is 18.6 Å². The van der Waals surface area contributed by atoms with Crippen molar-refractivity contribution < 1.29 is 0 Å². The van der Waals surface area contributed by atoms with Crippen LogP contribution in [0, 0.1) is 0 Å². The summed E-state index contributed by atoms with van der Waals surface area (Å²) in [6.45, 7) is 2.23. The van der Waals surface area contributed by atoms with Crippen molar-refractivity contribution in [1.82, 2.24) is 15.0 Å².